The molecule has 0 saturated heterocycles. The summed E-state index contributed by atoms with van der Waals surface area (Å²) < 4.78 is 56.5. The van der Waals surface area contributed by atoms with Gasteiger partial charge in [-0.1, -0.05) is 6.07 Å². The van der Waals surface area contributed by atoms with Gasteiger partial charge in [-0.3, -0.25) is 23.7 Å². The second-order valence-electron chi connectivity index (χ2n) is 16.6. The number of hydrogen-bond donors (Lipinski definition) is 5. The molecule has 8 aromatic rings. The molecule has 0 unspecified atom stereocenters. The van der Waals surface area contributed by atoms with E-state index in [2.05, 4.69) is 35.8 Å². The third kappa shape index (κ3) is 10.2. The van der Waals surface area contributed by atoms with Crippen molar-refractivity contribution in [3.63, 3.8) is 0 Å². The minimum absolute atomic E-state index is 0.0597. The van der Waals surface area contributed by atoms with Gasteiger partial charge in [0, 0.05) is 52.5 Å². The molecule has 0 atom stereocenters. The predicted molar refractivity (Wildman–Crippen MR) is 277 cm³/mol. The van der Waals surface area contributed by atoms with Crippen molar-refractivity contribution < 1.29 is 26.4 Å². The normalized spacial score (nSPS) is 13.3. The van der Waals surface area contributed by atoms with Crippen LogP contribution in [0.1, 0.15) is 32.5 Å². The molecule has 2 aliphatic rings. The SMILES string of the molecule is Cc1ccc(S(=O)(=O)NC(=O)Nc2ccc(-n3c(C)nc4cc(C5=NCCN5C)ccc4c3=O)cc2)s1.Cc1ccc(S(=O)(=O)NC(=O)Nc2ccc(-n3c(C)nc4cc5c(cc4c3=O)CCN5)cc2)s1. The lowest BCUT2D eigenvalue weighted by atomic mass is 10.1. The Labute approximate surface area is 415 Å². The van der Waals surface area contributed by atoms with E-state index in [1.807, 2.05) is 40.8 Å². The number of carbonyl (C=O) groups excluding carboxylic acids is 2. The maximum absolute atomic E-state index is 13.3. The first-order valence-corrected chi connectivity index (χ1v) is 26.5. The van der Waals surface area contributed by atoms with Gasteiger partial charge in [0.05, 0.1) is 39.7 Å². The van der Waals surface area contributed by atoms with Crippen molar-refractivity contribution in [2.45, 2.75) is 42.5 Å². The van der Waals surface area contributed by atoms with Crippen LogP contribution in [0.25, 0.3) is 33.2 Å². The molecule has 6 heterocycles. The second-order valence-corrected chi connectivity index (χ2v) is 23.0. The summed E-state index contributed by atoms with van der Waals surface area (Å²) in [6.07, 6.45) is 0.864. The van der Waals surface area contributed by atoms with Gasteiger partial charge in [0.1, 0.15) is 25.9 Å². The van der Waals surface area contributed by atoms with Gasteiger partial charge in [0.15, 0.2) is 0 Å². The number of amides is 4. The van der Waals surface area contributed by atoms with Gasteiger partial charge in [0.25, 0.3) is 31.2 Å². The molecule has 0 spiro atoms. The Balaban J connectivity index is 0.000000176. The summed E-state index contributed by atoms with van der Waals surface area (Å²) in [6, 6.07) is 26.8. The molecule has 4 amide bonds. The minimum atomic E-state index is -3.96. The van der Waals surface area contributed by atoms with Crippen molar-refractivity contribution in [3.8, 4) is 11.4 Å². The number of anilines is 3. The van der Waals surface area contributed by atoms with Crippen LogP contribution in [0.15, 0.2) is 126 Å². The largest absolute Gasteiger partial charge is 0.384 e. The predicted octanol–water partition coefficient (Wildman–Crippen LogP) is 6.81. The molecule has 5 N–H and O–H groups in total. The molecule has 19 nitrogen and oxygen atoms in total. The Morgan fingerprint density at radius 2 is 1.14 bits per heavy atom. The highest BCUT2D eigenvalue weighted by Gasteiger charge is 2.23. The molecule has 0 saturated carbocycles. The highest BCUT2D eigenvalue weighted by molar-refractivity contribution is 7.92. The zero-order valence-electron chi connectivity index (χ0n) is 38.7. The quantitative estimate of drug-likeness (QED) is 0.100. The van der Waals surface area contributed by atoms with E-state index in [1.165, 1.54) is 21.3 Å². The topological polar surface area (TPSA) is 248 Å². The number of rotatable bonds is 9. The number of sulfonamides is 2. The number of benzene rings is 4. The molecule has 4 aromatic carbocycles. The van der Waals surface area contributed by atoms with E-state index < -0.39 is 32.1 Å². The fourth-order valence-corrected chi connectivity index (χ4v) is 12.5. The maximum atomic E-state index is 13.3. The Bertz CT molecular complexity index is 3830. The van der Waals surface area contributed by atoms with Crippen LogP contribution in [0.5, 0.6) is 0 Å². The number of likely N-dealkylation sites (N-methyl/N-ethyl adjacent to an activating group) is 1. The molecule has 2 aliphatic heterocycles. The van der Waals surface area contributed by atoms with Crippen LogP contribution in [0.3, 0.4) is 0 Å². The summed E-state index contributed by atoms with van der Waals surface area (Å²) >= 11 is 2.16. The Morgan fingerprint density at radius 1 is 0.634 bits per heavy atom. The number of urea groups is 2. The van der Waals surface area contributed by atoms with Gasteiger partial charge in [0.2, 0.25) is 0 Å². The van der Waals surface area contributed by atoms with E-state index in [-0.39, 0.29) is 19.5 Å². The fraction of sp³-hybridized carbons (Fsp3) is 0.188. The van der Waals surface area contributed by atoms with E-state index >= 15 is 0 Å². The molecule has 10 rings (SSSR count). The molecule has 23 heteroatoms. The molecule has 4 aromatic heterocycles. The van der Waals surface area contributed by atoms with Crippen molar-refractivity contribution in [1.82, 2.24) is 33.4 Å². The number of amidine groups is 1. The third-order valence-electron chi connectivity index (χ3n) is 11.5. The Morgan fingerprint density at radius 3 is 1.62 bits per heavy atom. The molecular weight excluding hydrogens is 987 g/mol. The first-order valence-electron chi connectivity index (χ1n) is 21.9. The fourth-order valence-electron chi connectivity index (χ4n) is 8.14. The van der Waals surface area contributed by atoms with Crippen molar-refractivity contribution in [2.24, 2.45) is 4.99 Å². The van der Waals surface area contributed by atoms with Gasteiger partial charge in [-0.2, -0.15) is 0 Å². The molecule has 0 fully saturated rings. The highest BCUT2D eigenvalue weighted by atomic mass is 32.3. The molecular formula is C48H45N11O8S4. The molecule has 71 heavy (non-hydrogen) atoms. The minimum Gasteiger partial charge on any atom is -0.384 e. The zero-order chi connectivity index (χ0) is 50.4. The number of fused-ring (bicyclic) bond motifs is 3. The average molecular weight is 1030 g/mol. The standard InChI is InChI=1S/C25H24N6O4S2.C23H21N5O4S2/c1-15-4-11-22(36-15)37(34,35)29-25(33)28-18-6-8-19(9-7-18)31-16(2)27-21-14-17(5-10-20(21)24(31)32)23-26-12-13-30(23)3;1-13-3-8-21(33-13)34(31,32)27-23(30)26-16-4-6-17(7-5-16)28-14(2)25-20-12-19-15(9-10-24-19)11-18(20)22(28)29/h4-11,14H,12-13H2,1-3H3,(H2,28,29,33);3-8,11-12,24H,9-10H2,1-2H3,(H2,26,27,30). The van der Waals surface area contributed by atoms with Gasteiger partial charge in [-0.25, -0.2) is 45.8 Å². The van der Waals surface area contributed by atoms with Crippen LogP contribution >= 0.6 is 22.7 Å². The summed E-state index contributed by atoms with van der Waals surface area (Å²) in [6.45, 7) is 9.53. The Kier molecular flexibility index (Phi) is 13.1. The van der Waals surface area contributed by atoms with Crippen LogP contribution < -0.4 is 36.5 Å². The van der Waals surface area contributed by atoms with E-state index in [9.17, 15) is 36.0 Å². The number of aryl methyl sites for hydroxylation is 4. The summed E-state index contributed by atoms with van der Waals surface area (Å²) in [5, 5.41) is 9.33. The maximum Gasteiger partial charge on any atom is 0.333 e. The Hall–Kier alpha value is -7.73. The number of hydrogen-bond acceptors (Lipinski definition) is 15. The zero-order valence-corrected chi connectivity index (χ0v) is 42.0. The van der Waals surface area contributed by atoms with Crippen molar-refractivity contribution in [3.05, 3.63) is 156 Å². The number of thiophene rings is 2. The van der Waals surface area contributed by atoms with Crippen LogP contribution in [0, 0.1) is 27.7 Å². The lowest BCUT2D eigenvalue weighted by molar-refractivity contribution is 0.255. The number of carbonyl (C=O) groups is 2. The van der Waals surface area contributed by atoms with E-state index in [0.717, 1.165) is 81.1 Å². The lowest BCUT2D eigenvalue weighted by Crippen LogP contribution is -2.34. The first-order chi connectivity index (χ1) is 33.8. The smallest absolute Gasteiger partial charge is 0.333 e. The van der Waals surface area contributed by atoms with Crippen molar-refractivity contribution in [1.29, 1.82) is 0 Å². The number of aliphatic imine (C=N–C) groups is 1. The lowest BCUT2D eigenvalue weighted by Gasteiger charge is -2.15. The van der Waals surface area contributed by atoms with E-state index in [0.29, 0.717) is 56.2 Å². The summed E-state index contributed by atoms with van der Waals surface area (Å²) in [5.74, 6) is 1.93. The average Bonchev–Trinajstić information content (AvgIpc) is 4.16. The molecule has 0 bridgehead atoms. The van der Waals surface area contributed by atoms with Gasteiger partial charge in [-0.05, 0) is 137 Å². The first kappa shape index (κ1) is 48.3. The third-order valence-corrected chi connectivity index (χ3v) is 17.2. The van der Waals surface area contributed by atoms with E-state index in [1.54, 1.807) is 94.4 Å². The second kappa shape index (κ2) is 19.2. The van der Waals surface area contributed by atoms with Crippen molar-refractivity contribution >= 4 is 99.5 Å². The van der Waals surface area contributed by atoms with Gasteiger partial charge in [-0.15, -0.1) is 22.7 Å². The number of aromatic nitrogens is 4. The summed E-state index contributed by atoms with van der Waals surface area (Å²) in [4.78, 5) is 68.6. The molecule has 0 aliphatic carbocycles. The summed E-state index contributed by atoms with van der Waals surface area (Å²) in [5.41, 5.74) is 5.77. The van der Waals surface area contributed by atoms with E-state index in [4.69, 9.17) is 0 Å². The van der Waals surface area contributed by atoms with Crippen LogP contribution in [-0.2, 0) is 26.5 Å². The highest BCUT2D eigenvalue weighted by Crippen LogP contribution is 2.27. The number of nitrogens with zero attached hydrogens (tertiary/aromatic N) is 6. The van der Waals surface area contributed by atoms with Crippen molar-refractivity contribution in [2.75, 3.05) is 42.6 Å². The van der Waals surface area contributed by atoms with Gasteiger partial charge < -0.3 is 20.9 Å². The number of nitrogens with one attached hydrogen (secondary N) is 5. The van der Waals surface area contributed by atoms with Gasteiger partial charge >= 0.3 is 12.1 Å². The molecule has 364 valence electrons. The molecule has 0 radical (unpaired) electrons. The summed E-state index contributed by atoms with van der Waals surface area (Å²) in [7, 11) is -5.92. The van der Waals surface area contributed by atoms with Crippen LogP contribution in [0.4, 0.5) is 26.7 Å². The van der Waals surface area contributed by atoms with Crippen LogP contribution in [-0.4, -0.2) is 85.4 Å². The van der Waals surface area contributed by atoms with Crippen LogP contribution in [0.2, 0.25) is 0 Å². The monoisotopic (exact) mass is 1030 g/mol.